The van der Waals surface area contributed by atoms with Gasteiger partial charge < -0.3 is 14.7 Å². The number of anilines is 1. The van der Waals surface area contributed by atoms with E-state index in [2.05, 4.69) is 38.9 Å². The number of hydrogen-bond acceptors (Lipinski definition) is 8. The van der Waals surface area contributed by atoms with Gasteiger partial charge in [0.2, 0.25) is 5.95 Å². The SMILES string of the molecule is CCc1cnc(N(CCc2csc(SC(C)(C)C(=O)O)n2)Cc2ccc(Oc3ccccc3)cc2)nc1. The standard InChI is InChI=1S/C28H30N4O3S2/c1-4-20-16-29-26(30-17-20)32(15-14-22-19-36-27(31-22)37-28(2,3)25(33)34)18-21-10-12-24(13-11-21)35-23-8-6-5-7-9-23/h5-13,16-17,19H,4,14-15,18H2,1-3H3,(H,33,34). The molecule has 0 atom stereocenters. The number of carbonyl (C=O) groups is 1. The fourth-order valence-electron chi connectivity index (χ4n) is 3.41. The van der Waals surface area contributed by atoms with Crippen molar-refractivity contribution in [3.8, 4) is 11.5 Å². The van der Waals surface area contributed by atoms with Crippen LogP contribution in [-0.2, 0) is 24.2 Å². The minimum Gasteiger partial charge on any atom is -0.480 e. The highest BCUT2D eigenvalue weighted by molar-refractivity contribution is 8.03. The second-order valence-electron chi connectivity index (χ2n) is 9.00. The molecule has 1 N–H and O–H groups in total. The summed E-state index contributed by atoms with van der Waals surface area (Å²) in [6, 6.07) is 17.8. The molecule has 0 amide bonds. The molecule has 37 heavy (non-hydrogen) atoms. The summed E-state index contributed by atoms with van der Waals surface area (Å²) in [7, 11) is 0. The number of carboxylic acids is 1. The van der Waals surface area contributed by atoms with Gasteiger partial charge in [0, 0.05) is 37.3 Å². The fourth-order valence-corrected chi connectivity index (χ4v) is 5.64. The van der Waals surface area contributed by atoms with Crippen LogP contribution in [0.15, 0.2) is 76.7 Å². The maximum absolute atomic E-state index is 11.5. The number of hydrogen-bond donors (Lipinski definition) is 1. The first-order chi connectivity index (χ1) is 17.8. The summed E-state index contributed by atoms with van der Waals surface area (Å²) in [5, 5.41) is 11.4. The Labute approximate surface area is 225 Å². The van der Waals surface area contributed by atoms with Crippen LogP contribution in [0.3, 0.4) is 0 Å². The predicted octanol–water partition coefficient (Wildman–Crippen LogP) is 6.49. The fraction of sp³-hybridized carbons (Fsp3) is 0.286. The lowest BCUT2D eigenvalue weighted by atomic mass is 10.2. The normalized spacial score (nSPS) is 11.3. The Morgan fingerprint density at radius 2 is 1.70 bits per heavy atom. The van der Waals surface area contributed by atoms with Crippen LogP contribution >= 0.6 is 23.1 Å². The molecule has 0 saturated heterocycles. The molecule has 0 bridgehead atoms. The Bertz CT molecular complexity index is 1290. The van der Waals surface area contributed by atoms with Crippen molar-refractivity contribution in [2.75, 3.05) is 11.4 Å². The van der Waals surface area contributed by atoms with Gasteiger partial charge in [0.05, 0.1) is 5.69 Å². The van der Waals surface area contributed by atoms with Crippen LogP contribution in [-0.4, -0.2) is 37.3 Å². The van der Waals surface area contributed by atoms with Gasteiger partial charge in [0.15, 0.2) is 4.34 Å². The number of ether oxygens (including phenoxy) is 1. The zero-order chi connectivity index (χ0) is 26.3. The second kappa shape index (κ2) is 12.2. The molecule has 9 heteroatoms. The molecule has 0 spiro atoms. The Morgan fingerprint density at radius 1 is 1.03 bits per heavy atom. The van der Waals surface area contributed by atoms with Crippen molar-refractivity contribution in [2.45, 2.75) is 49.2 Å². The number of rotatable bonds is 12. The molecule has 4 aromatic rings. The second-order valence-corrected chi connectivity index (χ2v) is 11.7. The average molecular weight is 535 g/mol. The van der Waals surface area contributed by atoms with E-state index in [9.17, 15) is 9.90 Å². The van der Waals surface area contributed by atoms with E-state index in [1.54, 1.807) is 13.8 Å². The molecule has 2 aromatic carbocycles. The van der Waals surface area contributed by atoms with Gasteiger partial charge in [0.25, 0.3) is 0 Å². The van der Waals surface area contributed by atoms with Crippen LogP contribution in [0.1, 0.15) is 37.6 Å². The first-order valence-electron chi connectivity index (χ1n) is 12.1. The van der Waals surface area contributed by atoms with E-state index in [-0.39, 0.29) is 0 Å². The molecule has 2 aromatic heterocycles. The first-order valence-corrected chi connectivity index (χ1v) is 13.8. The topological polar surface area (TPSA) is 88.4 Å². The molecule has 0 saturated carbocycles. The van der Waals surface area contributed by atoms with Crippen LogP contribution in [0.5, 0.6) is 11.5 Å². The molecule has 0 aliphatic rings. The third-order valence-corrected chi connectivity index (χ3v) is 7.86. The van der Waals surface area contributed by atoms with E-state index in [1.165, 1.54) is 23.1 Å². The maximum atomic E-state index is 11.5. The zero-order valence-electron chi connectivity index (χ0n) is 21.1. The predicted molar refractivity (Wildman–Crippen MR) is 149 cm³/mol. The van der Waals surface area contributed by atoms with Gasteiger partial charge in [-0.25, -0.2) is 15.0 Å². The zero-order valence-corrected chi connectivity index (χ0v) is 22.8. The van der Waals surface area contributed by atoms with Gasteiger partial charge in [-0.1, -0.05) is 49.0 Å². The minimum atomic E-state index is -0.924. The highest BCUT2D eigenvalue weighted by atomic mass is 32.2. The smallest absolute Gasteiger partial charge is 0.319 e. The number of aryl methyl sites for hydroxylation is 1. The van der Waals surface area contributed by atoms with Gasteiger partial charge in [-0.05, 0) is 55.7 Å². The van der Waals surface area contributed by atoms with E-state index < -0.39 is 10.7 Å². The maximum Gasteiger partial charge on any atom is 0.319 e. The number of nitrogens with zero attached hydrogens (tertiary/aromatic N) is 4. The number of aliphatic carboxylic acids is 1. The number of thioether (sulfide) groups is 1. The van der Waals surface area contributed by atoms with Crippen LogP contribution in [0.25, 0.3) is 0 Å². The number of benzene rings is 2. The van der Waals surface area contributed by atoms with E-state index >= 15 is 0 Å². The molecule has 0 fully saturated rings. The van der Waals surface area contributed by atoms with Gasteiger partial charge >= 0.3 is 5.97 Å². The van der Waals surface area contributed by atoms with Gasteiger partial charge in [-0.2, -0.15) is 0 Å². The molecule has 0 unspecified atom stereocenters. The minimum absolute atomic E-state index is 0.634. The van der Waals surface area contributed by atoms with Crippen molar-refractivity contribution in [1.82, 2.24) is 15.0 Å². The van der Waals surface area contributed by atoms with Gasteiger partial charge in [-0.15, -0.1) is 11.3 Å². The van der Waals surface area contributed by atoms with Crippen LogP contribution in [0.4, 0.5) is 5.95 Å². The first kappa shape index (κ1) is 26.6. The molecule has 0 aliphatic carbocycles. The van der Waals surface area contributed by atoms with Crippen LogP contribution in [0, 0.1) is 0 Å². The Morgan fingerprint density at radius 3 is 2.35 bits per heavy atom. The van der Waals surface area contributed by atoms with E-state index in [0.29, 0.717) is 25.5 Å². The summed E-state index contributed by atoms with van der Waals surface area (Å²) in [4.78, 5) is 27.5. The van der Waals surface area contributed by atoms with Crippen molar-refractivity contribution in [1.29, 1.82) is 0 Å². The number of para-hydroxylation sites is 1. The highest BCUT2D eigenvalue weighted by Crippen LogP contribution is 2.34. The molecule has 2 heterocycles. The molecule has 0 aliphatic heterocycles. The summed E-state index contributed by atoms with van der Waals surface area (Å²) in [5.41, 5.74) is 3.13. The average Bonchev–Trinajstić information content (AvgIpc) is 3.34. The van der Waals surface area contributed by atoms with Crippen molar-refractivity contribution in [2.24, 2.45) is 0 Å². The largest absolute Gasteiger partial charge is 0.480 e. The van der Waals surface area contributed by atoms with Crippen LogP contribution in [0.2, 0.25) is 0 Å². The summed E-state index contributed by atoms with van der Waals surface area (Å²) in [6.07, 6.45) is 5.32. The number of aromatic nitrogens is 3. The lowest BCUT2D eigenvalue weighted by molar-refractivity contribution is -0.138. The van der Waals surface area contributed by atoms with E-state index in [4.69, 9.17) is 4.74 Å². The molecule has 7 nitrogen and oxygen atoms in total. The molecular weight excluding hydrogens is 504 g/mol. The monoisotopic (exact) mass is 534 g/mol. The Balaban J connectivity index is 1.45. The Kier molecular flexibility index (Phi) is 8.78. The number of thiazole rings is 1. The van der Waals surface area contributed by atoms with Crippen molar-refractivity contribution < 1.29 is 14.6 Å². The van der Waals surface area contributed by atoms with E-state index in [0.717, 1.165) is 39.1 Å². The summed E-state index contributed by atoms with van der Waals surface area (Å²) in [5.74, 6) is 1.39. The van der Waals surface area contributed by atoms with Gasteiger partial charge in [0.1, 0.15) is 16.2 Å². The number of carboxylic acid groups (broad SMARTS) is 1. The van der Waals surface area contributed by atoms with E-state index in [1.807, 2.05) is 60.2 Å². The van der Waals surface area contributed by atoms with Crippen molar-refractivity contribution in [3.63, 3.8) is 0 Å². The summed E-state index contributed by atoms with van der Waals surface area (Å²) in [6.45, 7) is 6.77. The molecular formula is C28H30N4O3S2. The molecule has 192 valence electrons. The lowest BCUT2D eigenvalue weighted by Crippen LogP contribution is -2.27. The summed E-state index contributed by atoms with van der Waals surface area (Å²) >= 11 is 2.75. The Hall–Kier alpha value is -3.43. The highest BCUT2D eigenvalue weighted by Gasteiger charge is 2.29. The summed E-state index contributed by atoms with van der Waals surface area (Å²) < 4.78 is 5.75. The van der Waals surface area contributed by atoms with Crippen LogP contribution < -0.4 is 9.64 Å². The van der Waals surface area contributed by atoms with Crippen molar-refractivity contribution >= 4 is 35.0 Å². The van der Waals surface area contributed by atoms with Gasteiger partial charge in [-0.3, -0.25) is 4.79 Å². The molecule has 4 rings (SSSR count). The quantitative estimate of drug-likeness (QED) is 0.206. The molecule has 0 radical (unpaired) electrons. The third-order valence-electron chi connectivity index (χ3n) is 5.68. The lowest BCUT2D eigenvalue weighted by Gasteiger charge is -2.22. The van der Waals surface area contributed by atoms with Crippen molar-refractivity contribution in [3.05, 3.63) is 89.2 Å². The third kappa shape index (κ3) is 7.53.